The molecule has 1 rings (SSSR count). The van der Waals surface area contributed by atoms with E-state index >= 15 is 0 Å². The molecule has 0 heterocycles. The fourth-order valence-electron chi connectivity index (χ4n) is 1.37. The molecular weight excluding hydrogens is 225 g/mol. The van der Waals surface area contributed by atoms with E-state index in [-0.39, 0.29) is 5.54 Å². The molecule has 0 radical (unpaired) electrons. The molecule has 0 bridgehead atoms. The van der Waals surface area contributed by atoms with Crippen molar-refractivity contribution in [2.75, 3.05) is 6.54 Å². The Morgan fingerprint density at radius 1 is 1.25 bits per heavy atom. The average molecular weight is 244 g/mol. The molecule has 16 heavy (non-hydrogen) atoms. The maximum Gasteiger partial charge on any atom is 0.117 e. The lowest BCUT2D eigenvalue weighted by Crippen LogP contribution is -2.40. The molecule has 1 atom stereocenters. The fourth-order valence-corrected chi connectivity index (χ4v) is 1.49. The lowest BCUT2D eigenvalue weighted by molar-refractivity contribution is 0.284. The average Bonchev–Trinajstić information content (AvgIpc) is 2.18. The van der Waals surface area contributed by atoms with Crippen molar-refractivity contribution in [2.24, 2.45) is 0 Å². The zero-order valence-corrected chi connectivity index (χ0v) is 10.8. The summed E-state index contributed by atoms with van der Waals surface area (Å²) in [6.45, 7) is 6.47. The van der Waals surface area contributed by atoms with Gasteiger partial charge in [0.05, 0.1) is 0 Å². The summed E-state index contributed by atoms with van der Waals surface area (Å²) in [7, 11) is 0. The van der Waals surface area contributed by atoms with Crippen LogP contribution in [0.3, 0.4) is 0 Å². The van der Waals surface area contributed by atoms with Crippen LogP contribution in [0.2, 0.25) is 5.02 Å². The molecule has 90 valence electrons. The van der Waals surface area contributed by atoms with E-state index in [9.17, 15) is 4.39 Å². The van der Waals surface area contributed by atoms with Crippen LogP contribution in [0.4, 0.5) is 4.39 Å². The van der Waals surface area contributed by atoms with Crippen LogP contribution < -0.4 is 5.32 Å². The Morgan fingerprint density at radius 2 is 1.81 bits per heavy atom. The maximum absolute atomic E-state index is 13.6. The second-order valence-electron chi connectivity index (χ2n) is 5.06. The molecule has 0 saturated carbocycles. The second-order valence-corrected chi connectivity index (χ2v) is 5.50. The van der Waals surface area contributed by atoms with Gasteiger partial charge in [-0.3, -0.25) is 0 Å². The molecule has 0 fully saturated rings. The predicted octanol–water partition coefficient (Wildman–Crippen LogP) is 3.61. The van der Waals surface area contributed by atoms with E-state index in [1.54, 1.807) is 12.1 Å². The second kappa shape index (κ2) is 5.65. The van der Waals surface area contributed by atoms with E-state index in [4.69, 9.17) is 11.6 Å². The molecule has 0 saturated heterocycles. The van der Waals surface area contributed by atoms with Gasteiger partial charge in [-0.2, -0.15) is 0 Å². The Bertz CT molecular complexity index is 316. The number of hydrogen-bond donors (Lipinski definition) is 1. The van der Waals surface area contributed by atoms with Crippen molar-refractivity contribution >= 4 is 11.6 Å². The van der Waals surface area contributed by atoms with Crippen molar-refractivity contribution in [3.05, 3.63) is 34.9 Å². The number of hydrogen-bond acceptors (Lipinski definition) is 1. The molecule has 3 heteroatoms. The number of nitrogens with one attached hydrogen (secondary N) is 1. The van der Waals surface area contributed by atoms with E-state index in [0.29, 0.717) is 18.0 Å². The first-order valence-corrected chi connectivity index (χ1v) is 5.88. The highest BCUT2D eigenvalue weighted by Crippen LogP contribution is 2.12. The van der Waals surface area contributed by atoms with Crippen LogP contribution in [0.1, 0.15) is 26.3 Å². The van der Waals surface area contributed by atoms with Gasteiger partial charge in [0, 0.05) is 23.5 Å². The Balaban J connectivity index is 2.39. The zero-order valence-electron chi connectivity index (χ0n) is 10.1. The number of halogens is 2. The first-order valence-electron chi connectivity index (χ1n) is 5.50. The minimum absolute atomic E-state index is 0.0374. The standard InChI is InChI=1S/C13H19ClFN/c1-13(2,3)16-9-12(15)8-10-4-6-11(14)7-5-10/h4-7,12,16H,8-9H2,1-3H3. The number of benzene rings is 1. The number of rotatable bonds is 4. The Kier molecular flexibility index (Phi) is 4.75. The minimum atomic E-state index is -0.861. The first kappa shape index (κ1) is 13.5. The quantitative estimate of drug-likeness (QED) is 0.852. The molecule has 1 aromatic rings. The summed E-state index contributed by atoms with van der Waals surface area (Å²) < 4.78 is 13.6. The van der Waals surface area contributed by atoms with Gasteiger partial charge in [0.2, 0.25) is 0 Å². The topological polar surface area (TPSA) is 12.0 Å². The summed E-state index contributed by atoms with van der Waals surface area (Å²) in [5, 5.41) is 3.84. The van der Waals surface area contributed by atoms with Gasteiger partial charge in [0.1, 0.15) is 6.17 Å². The van der Waals surface area contributed by atoms with Crippen LogP contribution in [0.25, 0.3) is 0 Å². The third-order valence-corrected chi connectivity index (χ3v) is 2.48. The molecule has 0 aliphatic carbocycles. The third kappa shape index (κ3) is 5.47. The van der Waals surface area contributed by atoms with Crippen molar-refractivity contribution in [3.8, 4) is 0 Å². The highest BCUT2D eigenvalue weighted by molar-refractivity contribution is 6.30. The molecular formula is C13H19ClFN. The normalized spacial score (nSPS) is 13.8. The molecule has 0 aromatic heterocycles. The summed E-state index contributed by atoms with van der Waals surface area (Å²) in [5.74, 6) is 0. The molecule has 1 N–H and O–H groups in total. The summed E-state index contributed by atoms with van der Waals surface area (Å²) in [5.41, 5.74) is 0.942. The fraction of sp³-hybridized carbons (Fsp3) is 0.538. The Hall–Kier alpha value is -0.600. The van der Waals surface area contributed by atoms with Gasteiger partial charge >= 0.3 is 0 Å². The zero-order chi connectivity index (χ0) is 12.2. The Labute approximate surface area is 102 Å². The molecule has 0 amide bonds. The highest BCUT2D eigenvalue weighted by atomic mass is 35.5. The molecule has 0 aliphatic heterocycles. The summed E-state index contributed by atoms with van der Waals surface area (Å²) in [6, 6.07) is 7.32. The van der Waals surface area contributed by atoms with Crippen molar-refractivity contribution < 1.29 is 4.39 Å². The van der Waals surface area contributed by atoms with Crippen molar-refractivity contribution in [3.63, 3.8) is 0 Å². The molecule has 0 aliphatic rings. The van der Waals surface area contributed by atoms with Crippen LogP contribution in [0, 0.1) is 0 Å². The van der Waals surface area contributed by atoms with Gasteiger partial charge in [0.25, 0.3) is 0 Å². The van der Waals surface area contributed by atoms with E-state index in [2.05, 4.69) is 5.32 Å². The molecule has 1 aromatic carbocycles. The smallest absolute Gasteiger partial charge is 0.117 e. The lowest BCUT2D eigenvalue weighted by atomic mass is 10.1. The van der Waals surface area contributed by atoms with Gasteiger partial charge in [-0.05, 0) is 38.5 Å². The van der Waals surface area contributed by atoms with E-state index in [1.165, 1.54) is 0 Å². The SMILES string of the molecule is CC(C)(C)NCC(F)Cc1ccc(Cl)cc1. The maximum atomic E-state index is 13.6. The molecule has 1 unspecified atom stereocenters. The monoisotopic (exact) mass is 243 g/mol. The van der Waals surface area contributed by atoms with Gasteiger partial charge in [-0.1, -0.05) is 23.7 Å². The number of alkyl halides is 1. The molecule has 0 spiro atoms. The Morgan fingerprint density at radius 3 is 2.31 bits per heavy atom. The van der Waals surface area contributed by atoms with Crippen LogP contribution in [0.5, 0.6) is 0 Å². The van der Waals surface area contributed by atoms with Crippen molar-refractivity contribution in [1.29, 1.82) is 0 Å². The van der Waals surface area contributed by atoms with Gasteiger partial charge in [-0.25, -0.2) is 4.39 Å². The van der Waals surface area contributed by atoms with Crippen LogP contribution in [0.15, 0.2) is 24.3 Å². The van der Waals surface area contributed by atoms with Crippen molar-refractivity contribution in [2.45, 2.75) is 38.9 Å². The van der Waals surface area contributed by atoms with Crippen molar-refractivity contribution in [1.82, 2.24) is 5.32 Å². The molecule has 1 nitrogen and oxygen atoms in total. The van der Waals surface area contributed by atoms with Gasteiger partial charge < -0.3 is 5.32 Å². The predicted molar refractivity (Wildman–Crippen MR) is 67.8 cm³/mol. The largest absolute Gasteiger partial charge is 0.309 e. The van der Waals surface area contributed by atoms with Gasteiger partial charge in [0.15, 0.2) is 0 Å². The van der Waals surface area contributed by atoms with Gasteiger partial charge in [-0.15, -0.1) is 0 Å². The summed E-state index contributed by atoms with van der Waals surface area (Å²) >= 11 is 5.76. The van der Waals surface area contributed by atoms with E-state index < -0.39 is 6.17 Å². The van der Waals surface area contributed by atoms with Crippen LogP contribution in [-0.4, -0.2) is 18.3 Å². The van der Waals surface area contributed by atoms with Crippen LogP contribution >= 0.6 is 11.6 Å². The summed E-state index contributed by atoms with van der Waals surface area (Å²) in [4.78, 5) is 0. The minimum Gasteiger partial charge on any atom is -0.309 e. The highest BCUT2D eigenvalue weighted by Gasteiger charge is 2.13. The lowest BCUT2D eigenvalue weighted by Gasteiger charge is -2.22. The van der Waals surface area contributed by atoms with Crippen LogP contribution in [-0.2, 0) is 6.42 Å². The van der Waals surface area contributed by atoms with E-state index in [0.717, 1.165) is 5.56 Å². The first-order chi connectivity index (χ1) is 7.37. The van der Waals surface area contributed by atoms with E-state index in [1.807, 2.05) is 32.9 Å². The third-order valence-electron chi connectivity index (χ3n) is 2.22. The summed E-state index contributed by atoms with van der Waals surface area (Å²) in [6.07, 6.45) is -0.430.